The van der Waals surface area contributed by atoms with Crippen LogP contribution >= 0.6 is 0 Å². The van der Waals surface area contributed by atoms with Gasteiger partial charge in [-0.25, -0.2) is 8.42 Å². The average molecular weight is 359 g/mol. The molecule has 0 saturated carbocycles. The maximum absolute atomic E-state index is 11.3. The first-order chi connectivity index (χ1) is 10.4. The quantitative estimate of drug-likeness (QED) is 0.272. The van der Waals surface area contributed by atoms with E-state index in [1.807, 2.05) is 0 Å². The first kappa shape index (κ1) is 26.1. The van der Waals surface area contributed by atoms with Gasteiger partial charge in [-0.3, -0.25) is 0 Å². The zero-order chi connectivity index (χ0) is 16.8. The summed E-state index contributed by atoms with van der Waals surface area (Å²) in [5.41, 5.74) is 0. The van der Waals surface area contributed by atoms with Crippen LogP contribution in [0.5, 0.6) is 0 Å². The number of hydrogen-bond donors (Lipinski definition) is 1. The first-order valence-electron chi connectivity index (χ1n) is 9.04. The molecule has 0 aliphatic carbocycles. The van der Waals surface area contributed by atoms with Crippen LogP contribution in [0.25, 0.3) is 0 Å². The monoisotopic (exact) mass is 358 g/mol. The van der Waals surface area contributed by atoms with Crippen LogP contribution in [-0.4, -0.2) is 29.4 Å². The first-order valence-corrected chi connectivity index (χ1v) is 10.5. The van der Waals surface area contributed by atoms with Gasteiger partial charge in [-0.2, -0.15) is 0 Å². The van der Waals surface area contributed by atoms with Crippen molar-refractivity contribution in [2.45, 2.75) is 109 Å². The summed E-state index contributed by atoms with van der Waals surface area (Å²) in [6.07, 6.45) is 11.0. The fraction of sp³-hybridized carbons (Fsp3) is 1.00. The number of rotatable bonds is 15. The minimum absolute atomic E-state index is 0. The van der Waals surface area contributed by atoms with Crippen LogP contribution in [0.2, 0.25) is 0 Å². The molecule has 6 heteroatoms. The average Bonchev–Trinajstić information content (AvgIpc) is 2.44. The molecule has 0 bridgehead atoms. The maximum atomic E-state index is 11.3. The van der Waals surface area contributed by atoms with Gasteiger partial charge in [0.25, 0.3) is 0 Å². The van der Waals surface area contributed by atoms with E-state index in [0.29, 0.717) is 25.7 Å². The largest absolute Gasteiger partial charge is 1.00 e. The van der Waals surface area contributed by atoms with Crippen LogP contribution in [-0.2, 0) is 10.1 Å². The van der Waals surface area contributed by atoms with Gasteiger partial charge in [0.05, 0.1) is 16.2 Å². The third kappa shape index (κ3) is 16.1. The van der Waals surface area contributed by atoms with E-state index < -0.39 is 21.5 Å². The normalized spacial score (nSPS) is 14.3. The standard InChI is InChI=1S/C17H36O4S.Na/c1-3-5-7-8-9-11-13-17(22(19,20)21)15-14-16(18)12-10-6-4-2;/h16-18H,3-15H2,1-2H3,(H,19,20,21);/q;+1/p-1. The second-order valence-corrected chi connectivity index (χ2v) is 8.05. The zero-order valence-electron chi connectivity index (χ0n) is 15.4. The molecule has 4 nitrogen and oxygen atoms in total. The van der Waals surface area contributed by atoms with E-state index in [9.17, 15) is 18.1 Å². The molecule has 23 heavy (non-hydrogen) atoms. The Balaban J connectivity index is 0. The number of aliphatic hydroxyl groups is 1. The summed E-state index contributed by atoms with van der Waals surface area (Å²) < 4.78 is 34.0. The smallest absolute Gasteiger partial charge is 0.748 e. The zero-order valence-corrected chi connectivity index (χ0v) is 18.2. The SMILES string of the molecule is CCCCCCCCC(CCC(O)CCCCC)S(=O)(=O)[O-].[Na+]. The molecule has 1 N–H and O–H groups in total. The Morgan fingerprint density at radius 1 is 0.783 bits per heavy atom. The van der Waals surface area contributed by atoms with Crippen molar-refractivity contribution >= 4 is 10.1 Å². The predicted octanol–water partition coefficient (Wildman–Crippen LogP) is 1.38. The number of hydrogen-bond acceptors (Lipinski definition) is 4. The summed E-state index contributed by atoms with van der Waals surface area (Å²) >= 11 is 0. The van der Waals surface area contributed by atoms with Crippen molar-refractivity contribution in [3.63, 3.8) is 0 Å². The topological polar surface area (TPSA) is 77.4 Å². The summed E-state index contributed by atoms with van der Waals surface area (Å²) in [6, 6.07) is 0. The van der Waals surface area contributed by atoms with E-state index in [1.165, 1.54) is 19.3 Å². The van der Waals surface area contributed by atoms with Crippen LogP contribution in [0.15, 0.2) is 0 Å². The molecular formula is C17H35NaO4S. The predicted molar refractivity (Wildman–Crippen MR) is 90.9 cm³/mol. The van der Waals surface area contributed by atoms with Crippen molar-refractivity contribution in [1.29, 1.82) is 0 Å². The molecule has 0 aliphatic rings. The Hall–Kier alpha value is 0.870. The summed E-state index contributed by atoms with van der Waals surface area (Å²) in [5.74, 6) is 0. The summed E-state index contributed by atoms with van der Waals surface area (Å²) in [5, 5.41) is 9.04. The summed E-state index contributed by atoms with van der Waals surface area (Å²) in [6.45, 7) is 4.26. The minimum Gasteiger partial charge on any atom is -0.748 e. The number of unbranched alkanes of at least 4 members (excludes halogenated alkanes) is 7. The van der Waals surface area contributed by atoms with Gasteiger partial charge in [-0.1, -0.05) is 71.6 Å². The van der Waals surface area contributed by atoms with Crippen LogP contribution in [0.4, 0.5) is 0 Å². The molecule has 0 aromatic carbocycles. The van der Waals surface area contributed by atoms with E-state index in [-0.39, 0.29) is 29.6 Å². The molecule has 2 unspecified atom stereocenters. The molecule has 0 fully saturated rings. The van der Waals surface area contributed by atoms with E-state index in [1.54, 1.807) is 0 Å². The molecular weight excluding hydrogens is 323 g/mol. The van der Waals surface area contributed by atoms with Crippen molar-refractivity contribution in [1.82, 2.24) is 0 Å². The third-order valence-electron chi connectivity index (χ3n) is 4.25. The Kier molecular flexibility index (Phi) is 18.5. The van der Waals surface area contributed by atoms with Crippen LogP contribution < -0.4 is 29.6 Å². The fourth-order valence-corrected chi connectivity index (χ4v) is 3.62. The molecule has 0 aliphatic heterocycles. The summed E-state index contributed by atoms with van der Waals surface area (Å²) in [7, 11) is -4.24. The summed E-state index contributed by atoms with van der Waals surface area (Å²) in [4.78, 5) is 0. The van der Waals surface area contributed by atoms with Crippen molar-refractivity contribution < 1.29 is 47.6 Å². The van der Waals surface area contributed by atoms with Gasteiger partial charge in [0.2, 0.25) is 0 Å². The van der Waals surface area contributed by atoms with Gasteiger partial charge in [0, 0.05) is 5.25 Å². The van der Waals surface area contributed by atoms with E-state index in [2.05, 4.69) is 13.8 Å². The molecule has 0 aromatic heterocycles. The van der Waals surface area contributed by atoms with Gasteiger partial charge < -0.3 is 9.66 Å². The van der Waals surface area contributed by atoms with Crippen LogP contribution in [0.3, 0.4) is 0 Å². The van der Waals surface area contributed by atoms with Gasteiger partial charge in [-0.05, 0) is 25.7 Å². The van der Waals surface area contributed by atoms with Crippen molar-refractivity contribution in [3.8, 4) is 0 Å². The molecule has 0 aromatic rings. The molecule has 0 rings (SSSR count). The molecule has 0 amide bonds. The van der Waals surface area contributed by atoms with Crippen molar-refractivity contribution in [2.24, 2.45) is 0 Å². The Bertz CT molecular complexity index is 347. The fourth-order valence-electron chi connectivity index (χ4n) is 2.74. The molecule has 134 valence electrons. The number of aliphatic hydroxyl groups excluding tert-OH is 1. The van der Waals surface area contributed by atoms with Gasteiger partial charge in [0.1, 0.15) is 0 Å². The second kappa shape index (κ2) is 16.3. The molecule has 0 radical (unpaired) electrons. The van der Waals surface area contributed by atoms with Gasteiger partial charge in [0.15, 0.2) is 0 Å². The Labute approximate surface area is 165 Å². The molecule has 0 spiro atoms. The molecule has 0 heterocycles. The van der Waals surface area contributed by atoms with Crippen molar-refractivity contribution in [3.05, 3.63) is 0 Å². The van der Waals surface area contributed by atoms with E-state index in [4.69, 9.17) is 0 Å². The maximum Gasteiger partial charge on any atom is 1.00 e. The van der Waals surface area contributed by atoms with E-state index in [0.717, 1.165) is 38.5 Å². The van der Waals surface area contributed by atoms with Crippen LogP contribution in [0, 0.1) is 0 Å². The van der Waals surface area contributed by atoms with E-state index >= 15 is 0 Å². The third-order valence-corrected chi connectivity index (χ3v) is 5.54. The Morgan fingerprint density at radius 2 is 1.26 bits per heavy atom. The van der Waals surface area contributed by atoms with Gasteiger partial charge >= 0.3 is 29.6 Å². The van der Waals surface area contributed by atoms with Gasteiger partial charge in [-0.15, -0.1) is 0 Å². The molecule has 2 atom stereocenters. The minimum atomic E-state index is -4.24. The Morgan fingerprint density at radius 3 is 1.83 bits per heavy atom. The van der Waals surface area contributed by atoms with Crippen LogP contribution in [0.1, 0.15) is 97.3 Å². The molecule has 0 saturated heterocycles. The van der Waals surface area contributed by atoms with Crippen molar-refractivity contribution in [2.75, 3.05) is 0 Å². The second-order valence-electron chi connectivity index (χ2n) is 6.40.